The minimum atomic E-state index is -1.14. The Kier molecular flexibility index (Phi) is 7.17. The molecule has 2 heterocycles. The number of imide groups is 1. The standard InChI is InChI=1S/C22H27N3O5S/c1-4-29-16-9-8-15(13-17(16)30-5-2)10-11-23-19(26)14-25-20(27)22(3,24-21(25)28)18-7-6-12-31-18/h6-9,12-13H,4-5,10-11,14H2,1-3H3,(H,23,26)(H,24,28)/t22-/m0/s1. The third-order valence-corrected chi connectivity index (χ3v) is 6.03. The Bertz CT molecular complexity index is 947. The number of thiophene rings is 1. The van der Waals surface area contributed by atoms with Crippen LogP contribution in [-0.4, -0.2) is 49.0 Å². The number of hydrogen-bond acceptors (Lipinski definition) is 6. The van der Waals surface area contributed by atoms with Crippen LogP contribution in [0.3, 0.4) is 0 Å². The normalized spacial score (nSPS) is 18.1. The Labute approximate surface area is 185 Å². The number of benzene rings is 1. The predicted molar refractivity (Wildman–Crippen MR) is 117 cm³/mol. The van der Waals surface area contributed by atoms with Crippen molar-refractivity contribution in [3.63, 3.8) is 0 Å². The molecule has 2 aromatic rings. The highest BCUT2D eigenvalue weighted by atomic mass is 32.1. The fraction of sp³-hybridized carbons (Fsp3) is 0.409. The van der Waals surface area contributed by atoms with Gasteiger partial charge >= 0.3 is 6.03 Å². The molecule has 3 rings (SSSR count). The van der Waals surface area contributed by atoms with Crippen molar-refractivity contribution in [1.82, 2.24) is 15.5 Å². The lowest BCUT2D eigenvalue weighted by Gasteiger charge is -2.20. The molecule has 0 unspecified atom stereocenters. The van der Waals surface area contributed by atoms with Crippen LogP contribution < -0.4 is 20.1 Å². The first-order valence-electron chi connectivity index (χ1n) is 10.2. The number of carbonyl (C=O) groups excluding carboxylic acids is 3. The third kappa shape index (κ3) is 4.99. The van der Waals surface area contributed by atoms with Crippen molar-refractivity contribution in [3.8, 4) is 11.5 Å². The van der Waals surface area contributed by atoms with E-state index in [1.165, 1.54) is 11.3 Å². The van der Waals surface area contributed by atoms with Crippen molar-refractivity contribution in [2.45, 2.75) is 32.7 Å². The first-order valence-corrected chi connectivity index (χ1v) is 11.1. The molecule has 0 radical (unpaired) electrons. The zero-order valence-electron chi connectivity index (χ0n) is 17.9. The lowest BCUT2D eigenvalue weighted by Crippen LogP contribution is -2.43. The molecule has 1 saturated heterocycles. The average molecular weight is 446 g/mol. The molecule has 0 spiro atoms. The van der Waals surface area contributed by atoms with E-state index in [1.54, 1.807) is 13.0 Å². The molecule has 1 atom stereocenters. The Morgan fingerprint density at radius 3 is 2.58 bits per heavy atom. The summed E-state index contributed by atoms with van der Waals surface area (Å²) in [5, 5.41) is 7.31. The number of nitrogens with zero attached hydrogens (tertiary/aromatic N) is 1. The quantitative estimate of drug-likeness (QED) is 0.548. The molecule has 1 aromatic heterocycles. The van der Waals surface area contributed by atoms with Crippen molar-refractivity contribution >= 4 is 29.2 Å². The summed E-state index contributed by atoms with van der Waals surface area (Å²) >= 11 is 1.38. The van der Waals surface area contributed by atoms with Crippen LogP contribution in [0.2, 0.25) is 0 Å². The number of hydrogen-bond donors (Lipinski definition) is 2. The van der Waals surface area contributed by atoms with Crippen LogP contribution in [0, 0.1) is 0 Å². The first-order chi connectivity index (χ1) is 14.9. The maximum atomic E-state index is 12.8. The summed E-state index contributed by atoms with van der Waals surface area (Å²) in [6.07, 6.45) is 0.575. The Morgan fingerprint density at radius 1 is 1.16 bits per heavy atom. The lowest BCUT2D eigenvalue weighted by molar-refractivity contribution is -0.134. The molecular weight excluding hydrogens is 418 g/mol. The SMILES string of the molecule is CCOc1ccc(CCNC(=O)CN2C(=O)N[C@@](C)(c3cccs3)C2=O)cc1OCC. The molecule has 166 valence electrons. The zero-order chi connectivity index (χ0) is 22.4. The van der Waals surface area contributed by atoms with Gasteiger partial charge in [0.2, 0.25) is 5.91 Å². The second-order valence-corrected chi connectivity index (χ2v) is 8.12. The predicted octanol–water partition coefficient (Wildman–Crippen LogP) is 2.67. The molecule has 31 heavy (non-hydrogen) atoms. The Hall–Kier alpha value is -3.07. The summed E-state index contributed by atoms with van der Waals surface area (Å²) < 4.78 is 11.2. The van der Waals surface area contributed by atoms with E-state index in [-0.39, 0.29) is 6.54 Å². The maximum Gasteiger partial charge on any atom is 0.325 e. The van der Waals surface area contributed by atoms with E-state index < -0.39 is 23.4 Å². The van der Waals surface area contributed by atoms with Crippen molar-refractivity contribution in [2.75, 3.05) is 26.3 Å². The summed E-state index contributed by atoms with van der Waals surface area (Å²) in [6, 6.07) is 8.71. The van der Waals surface area contributed by atoms with Gasteiger partial charge in [0, 0.05) is 11.4 Å². The van der Waals surface area contributed by atoms with Crippen molar-refractivity contribution in [2.24, 2.45) is 0 Å². The molecule has 8 nitrogen and oxygen atoms in total. The summed E-state index contributed by atoms with van der Waals surface area (Å²) in [4.78, 5) is 39.1. The number of carbonyl (C=O) groups is 3. The number of amides is 4. The topological polar surface area (TPSA) is 97.0 Å². The Morgan fingerprint density at radius 2 is 1.90 bits per heavy atom. The molecule has 9 heteroatoms. The molecule has 1 aromatic carbocycles. The molecule has 0 aliphatic carbocycles. The number of rotatable bonds is 10. The number of ether oxygens (including phenoxy) is 2. The molecule has 1 fully saturated rings. The highest BCUT2D eigenvalue weighted by Crippen LogP contribution is 2.32. The smallest absolute Gasteiger partial charge is 0.325 e. The van der Waals surface area contributed by atoms with Gasteiger partial charge in [-0.2, -0.15) is 0 Å². The monoisotopic (exact) mass is 445 g/mol. The van der Waals surface area contributed by atoms with Crippen LogP contribution in [0.25, 0.3) is 0 Å². The van der Waals surface area contributed by atoms with Gasteiger partial charge in [-0.3, -0.25) is 14.5 Å². The highest BCUT2D eigenvalue weighted by molar-refractivity contribution is 7.10. The minimum Gasteiger partial charge on any atom is -0.490 e. The lowest BCUT2D eigenvalue weighted by atomic mass is 10.0. The van der Waals surface area contributed by atoms with E-state index >= 15 is 0 Å². The minimum absolute atomic E-state index is 0.320. The first kappa shape index (κ1) is 22.6. The number of urea groups is 1. The van der Waals surface area contributed by atoms with E-state index in [9.17, 15) is 14.4 Å². The van der Waals surface area contributed by atoms with Crippen molar-refractivity contribution in [1.29, 1.82) is 0 Å². The van der Waals surface area contributed by atoms with Gasteiger partial charge in [0.1, 0.15) is 6.54 Å². The summed E-state index contributed by atoms with van der Waals surface area (Å²) in [5.41, 5.74) is -0.156. The van der Waals surface area contributed by atoms with Crippen LogP contribution in [0.15, 0.2) is 35.7 Å². The van der Waals surface area contributed by atoms with Gasteiger partial charge in [-0.15, -0.1) is 11.3 Å². The summed E-state index contributed by atoms with van der Waals surface area (Å²) in [7, 11) is 0. The van der Waals surface area contributed by atoms with Gasteiger partial charge in [0.15, 0.2) is 17.0 Å². The fourth-order valence-electron chi connectivity index (χ4n) is 3.37. The maximum absolute atomic E-state index is 12.8. The highest BCUT2D eigenvalue weighted by Gasteiger charge is 2.50. The van der Waals surface area contributed by atoms with Gasteiger partial charge in [-0.1, -0.05) is 12.1 Å². The van der Waals surface area contributed by atoms with E-state index in [0.29, 0.717) is 37.7 Å². The summed E-state index contributed by atoms with van der Waals surface area (Å²) in [5.74, 6) is 0.530. The van der Waals surface area contributed by atoms with Crippen LogP contribution in [0.5, 0.6) is 11.5 Å². The second-order valence-electron chi connectivity index (χ2n) is 7.17. The second kappa shape index (κ2) is 9.82. The molecule has 1 aliphatic rings. The van der Waals surface area contributed by atoms with E-state index in [4.69, 9.17) is 9.47 Å². The number of nitrogens with one attached hydrogen (secondary N) is 2. The zero-order valence-corrected chi connectivity index (χ0v) is 18.7. The van der Waals surface area contributed by atoms with E-state index in [1.807, 2.05) is 43.5 Å². The molecular formula is C22H27N3O5S. The average Bonchev–Trinajstić information content (AvgIpc) is 3.35. The van der Waals surface area contributed by atoms with Crippen LogP contribution in [0.4, 0.5) is 4.79 Å². The van der Waals surface area contributed by atoms with Gasteiger partial charge in [-0.25, -0.2) is 4.79 Å². The van der Waals surface area contributed by atoms with Crippen molar-refractivity contribution in [3.05, 3.63) is 46.2 Å². The van der Waals surface area contributed by atoms with Crippen LogP contribution >= 0.6 is 11.3 Å². The molecule has 0 saturated carbocycles. The molecule has 0 bridgehead atoms. The molecule has 1 aliphatic heterocycles. The Balaban J connectivity index is 1.54. The fourth-order valence-corrected chi connectivity index (χ4v) is 4.20. The van der Waals surface area contributed by atoms with Gasteiger partial charge in [0.25, 0.3) is 5.91 Å². The van der Waals surface area contributed by atoms with E-state index in [2.05, 4.69) is 10.6 Å². The largest absolute Gasteiger partial charge is 0.490 e. The van der Waals surface area contributed by atoms with Crippen LogP contribution in [0.1, 0.15) is 31.2 Å². The van der Waals surface area contributed by atoms with Gasteiger partial charge < -0.3 is 20.1 Å². The van der Waals surface area contributed by atoms with Crippen LogP contribution in [-0.2, 0) is 21.5 Å². The van der Waals surface area contributed by atoms with Crippen molar-refractivity contribution < 1.29 is 23.9 Å². The van der Waals surface area contributed by atoms with E-state index in [0.717, 1.165) is 15.3 Å². The third-order valence-electron chi connectivity index (χ3n) is 4.93. The van der Waals surface area contributed by atoms with Gasteiger partial charge in [0.05, 0.1) is 13.2 Å². The van der Waals surface area contributed by atoms with Gasteiger partial charge in [-0.05, 0) is 56.3 Å². The molecule has 4 amide bonds. The molecule has 2 N–H and O–H groups in total. The summed E-state index contributed by atoms with van der Waals surface area (Å²) in [6.45, 7) is 6.58.